The molecule has 13 heavy (non-hydrogen) atoms. The number of β-amino-alcohol motifs (C(OH)–C–C–N with tert-alkyl or cyclic N) is 1. The maximum absolute atomic E-state index is 8.77. The van der Waals surface area contributed by atoms with E-state index in [0.29, 0.717) is 6.61 Å². The normalized spacial score (nSPS) is 20.8. The van der Waals surface area contributed by atoms with Gasteiger partial charge < -0.3 is 15.7 Å². The molecule has 1 heterocycles. The van der Waals surface area contributed by atoms with Gasteiger partial charge in [0.2, 0.25) is 0 Å². The van der Waals surface area contributed by atoms with Crippen LogP contribution in [0, 0.1) is 5.92 Å². The van der Waals surface area contributed by atoms with Gasteiger partial charge in [-0.05, 0) is 51.2 Å². The lowest BCUT2D eigenvalue weighted by molar-refractivity contribution is 0.144. The lowest BCUT2D eigenvalue weighted by Crippen LogP contribution is -2.35. The van der Waals surface area contributed by atoms with Crippen molar-refractivity contribution in [2.45, 2.75) is 25.7 Å². The van der Waals surface area contributed by atoms with Crippen LogP contribution < -0.4 is 5.73 Å². The summed E-state index contributed by atoms with van der Waals surface area (Å²) in [7, 11) is 0. The van der Waals surface area contributed by atoms with Crippen molar-refractivity contribution in [3.8, 4) is 0 Å². The van der Waals surface area contributed by atoms with Gasteiger partial charge in [-0.3, -0.25) is 0 Å². The van der Waals surface area contributed by atoms with Crippen LogP contribution in [0.4, 0.5) is 0 Å². The van der Waals surface area contributed by atoms with E-state index < -0.39 is 0 Å². The van der Waals surface area contributed by atoms with Crippen molar-refractivity contribution in [2.24, 2.45) is 11.7 Å². The molecule has 0 unspecified atom stereocenters. The zero-order chi connectivity index (χ0) is 9.52. The third-order valence-electron chi connectivity index (χ3n) is 2.94. The van der Waals surface area contributed by atoms with E-state index in [2.05, 4.69) is 4.90 Å². The molecule has 3 N–H and O–H groups in total. The topological polar surface area (TPSA) is 49.5 Å². The van der Waals surface area contributed by atoms with Crippen molar-refractivity contribution < 1.29 is 5.11 Å². The first-order valence-corrected chi connectivity index (χ1v) is 5.40. The first-order chi connectivity index (χ1) is 6.36. The number of nitrogens with zero attached hydrogens (tertiary/aromatic N) is 1. The minimum absolute atomic E-state index is 0.299. The maximum Gasteiger partial charge on any atom is 0.0558 e. The molecule has 3 heteroatoms. The summed E-state index contributed by atoms with van der Waals surface area (Å²) >= 11 is 0. The highest BCUT2D eigenvalue weighted by Gasteiger charge is 2.17. The van der Waals surface area contributed by atoms with Crippen LogP contribution in [-0.2, 0) is 0 Å². The number of hydrogen-bond acceptors (Lipinski definition) is 3. The minimum atomic E-state index is 0.299. The summed E-state index contributed by atoms with van der Waals surface area (Å²) in [4.78, 5) is 2.35. The molecule has 0 atom stereocenters. The largest absolute Gasteiger partial charge is 0.395 e. The van der Waals surface area contributed by atoms with Gasteiger partial charge in [-0.2, -0.15) is 0 Å². The Morgan fingerprint density at radius 1 is 1.31 bits per heavy atom. The Balaban J connectivity index is 2.08. The van der Waals surface area contributed by atoms with E-state index in [0.717, 1.165) is 32.1 Å². The summed E-state index contributed by atoms with van der Waals surface area (Å²) in [5, 5.41) is 8.77. The third-order valence-corrected chi connectivity index (χ3v) is 2.94. The minimum Gasteiger partial charge on any atom is -0.395 e. The van der Waals surface area contributed by atoms with Crippen molar-refractivity contribution >= 4 is 0 Å². The van der Waals surface area contributed by atoms with Crippen molar-refractivity contribution in [2.75, 3.05) is 32.8 Å². The van der Waals surface area contributed by atoms with Gasteiger partial charge in [-0.25, -0.2) is 0 Å². The van der Waals surface area contributed by atoms with E-state index in [4.69, 9.17) is 10.8 Å². The van der Waals surface area contributed by atoms with Crippen LogP contribution in [0.25, 0.3) is 0 Å². The van der Waals surface area contributed by atoms with Crippen molar-refractivity contribution in [3.63, 3.8) is 0 Å². The molecule has 0 aromatic rings. The van der Waals surface area contributed by atoms with E-state index >= 15 is 0 Å². The molecule has 3 nitrogen and oxygen atoms in total. The lowest BCUT2D eigenvalue weighted by atomic mass is 9.92. The van der Waals surface area contributed by atoms with Crippen molar-refractivity contribution in [1.29, 1.82) is 0 Å². The summed E-state index contributed by atoms with van der Waals surface area (Å²) < 4.78 is 0. The Bertz CT molecular complexity index is 122. The van der Waals surface area contributed by atoms with E-state index in [1.807, 2.05) is 0 Å². The molecule has 0 spiro atoms. The van der Waals surface area contributed by atoms with Crippen molar-refractivity contribution in [3.05, 3.63) is 0 Å². The van der Waals surface area contributed by atoms with Crippen LogP contribution in [0.15, 0.2) is 0 Å². The first-order valence-electron chi connectivity index (χ1n) is 5.40. The number of likely N-dealkylation sites (tertiary alicyclic amines) is 1. The van der Waals surface area contributed by atoms with E-state index in [-0.39, 0.29) is 0 Å². The number of piperidine rings is 1. The smallest absolute Gasteiger partial charge is 0.0558 e. The predicted molar refractivity (Wildman–Crippen MR) is 54.5 cm³/mol. The quantitative estimate of drug-likeness (QED) is 0.654. The Kier molecular flexibility index (Phi) is 5.35. The fourth-order valence-electron chi connectivity index (χ4n) is 2.05. The number of rotatable bonds is 5. The fraction of sp³-hybridized carbons (Fsp3) is 1.00. The highest BCUT2D eigenvalue weighted by atomic mass is 16.3. The monoisotopic (exact) mass is 186 g/mol. The SMILES string of the molecule is NCCCC1CCN(CCO)CC1. The molecule has 1 aliphatic heterocycles. The second-order valence-corrected chi connectivity index (χ2v) is 3.94. The fourth-order valence-corrected chi connectivity index (χ4v) is 2.05. The van der Waals surface area contributed by atoms with E-state index in [1.165, 1.54) is 25.7 Å². The number of nitrogens with two attached hydrogens (primary N) is 1. The van der Waals surface area contributed by atoms with Crippen LogP contribution >= 0.6 is 0 Å². The molecule has 1 saturated heterocycles. The van der Waals surface area contributed by atoms with Crippen LogP contribution in [0.5, 0.6) is 0 Å². The number of aliphatic hydroxyl groups excluding tert-OH is 1. The van der Waals surface area contributed by atoms with Gasteiger partial charge in [0.05, 0.1) is 6.61 Å². The molecular formula is C10H22N2O. The Morgan fingerprint density at radius 2 is 2.00 bits per heavy atom. The summed E-state index contributed by atoms with van der Waals surface area (Å²) in [5.74, 6) is 0.887. The lowest BCUT2D eigenvalue weighted by Gasteiger charge is -2.31. The summed E-state index contributed by atoms with van der Waals surface area (Å²) in [5.41, 5.74) is 5.48. The second kappa shape index (κ2) is 6.35. The van der Waals surface area contributed by atoms with Gasteiger partial charge >= 0.3 is 0 Å². The molecule has 0 saturated carbocycles. The molecule has 78 valence electrons. The molecule has 0 bridgehead atoms. The predicted octanol–water partition coefficient (Wildman–Crippen LogP) is 0.430. The van der Waals surface area contributed by atoms with Crippen molar-refractivity contribution in [1.82, 2.24) is 4.90 Å². The molecule has 0 aromatic carbocycles. The first kappa shape index (κ1) is 11.0. The van der Waals surface area contributed by atoms with E-state index in [1.54, 1.807) is 0 Å². The number of aliphatic hydroxyl groups is 1. The summed E-state index contributed by atoms with van der Waals surface area (Å²) in [6.07, 6.45) is 5.05. The Hall–Kier alpha value is -0.120. The van der Waals surface area contributed by atoms with Gasteiger partial charge in [0.25, 0.3) is 0 Å². The molecule has 0 amide bonds. The zero-order valence-electron chi connectivity index (χ0n) is 8.41. The Labute approximate surface area is 80.9 Å². The average Bonchev–Trinajstić information content (AvgIpc) is 2.17. The molecule has 1 aliphatic rings. The van der Waals surface area contributed by atoms with Crippen LogP contribution in [-0.4, -0.2) is 42.8 Å². The third kappa shape index (κ3) is 4.07. The highest BCUT2D eigenvalue weighted by molar-refractivity contribution is 4.71. The highest BCUT2D eigenvalue weighted by Crippen LogP contribution is 2.20. The van der Waals surface area contributed by atoms with Crippen LogP contribution in [0.3, 0.4) is 0 Å². The zero-order valence-corrected chi connectivity index (χ0v) is 8.41. The summed E-state index contributed by atoms with van der Waals surface area (Å²) in [6, 6.07) is 0. The average molecular weight is 186 g/mol. The molecule has 1 fully saturated rings. The van der Waals surface area contributed by atoms with E-state index in [9.17, 15) is 0 Å². The molecular weight excluding hydrogens is 164 g/mol. The molecule has 0 radical (unpaired) electrons. The van der Waals surface area contributed by atoms with Crippen LogP contribution in [0.2, 0.25) is 0 Å². The molecule has 0 aromatic heterocycles. The molecule has 1 rings (SSSR count). The standard InChI is InChI=1S/C10H22N2O/c11-5-1-2-10-3-6-12(7-4-10)8-9-13/h10,13H,1-9,11H2. The Morgan fingerprint density at radius 3 is 2.54 bits per heavy atom. The second-order valence-electron chi connectivity index (χ2n) is 3.94. The van der Waals surface area contributed by atoms with Gasteiger partial charge in [-0.1, -0.05) is 0 Å². The summed E-state index contributed by atoms with van der Waals surface area (Å²) in [6.45, 7) is 4.31. The number of hydrogen-bond donors (Lipinski definition) is 2. The van der Waals surface area contributed by atoms with Crippen LogP contribution in [0.1, 0.15) is 25.7 Å². The van der Waals surface area contributed by atoms with Gasteiger partial charge in [-0.15, -0.1) is 0 Å². The maximum atomic E-state index is 8.77. The van der Waals surface area contributed by atoms with Gasteiger partial charge in [0, 0.05) is 6.54 Å². The molecule has 0 aliphatic carbocycles. The van der Waals surface area contributed by atoms with Gasteiger partial charge in [0.1, 0.15) is 0 Å². The van der Waals surface area contributed by atoms with Gasteiger partial charge in [0.15, 0.2) is 0 Å².